The summed E-state index contributed by atoms with van der Waals surface area (Å²) in [6.45, 7) is 4.45. The van der Waals surface area contributed by atoms with Crippen LogP contribution >= 0.6 is 11.8 Å². The number of fused-ring (bicyclic) bond motifs is 1. The lowest BCUT2D eigenvalue weighted by atomic mass is 10.1. The Bertz CT molecular complexity index is 1010. The van der Waals surface area contributed by atoms with Crippen LogP contribution in [0.25, 0.3) is 11.0 Å². The van der Waals surface area contributed by atoms with Crippen molar-refractivity contribution in [3.8, 4) is 0 Å². The number of rotatable bonds is 6. The van der Waals surface area contributed by atoms with Crippen LogP contribution in [-0.2, 0) is 0 Å². The fraction of sp³-hybridized carbons (Fsp3) is 0.200. The fourth-order valence-electron chi connectivity index (χ4n) is 2.93. The van der Waals surface area contributed by atoms with Crippen LogP contribution in [0, 0.1) is 0 Å². The number of carboxylic acids is 1. The van der Waals surface area contributed by atoms with Crippen molar-refractivity contribution in [3.05, 3.63) is 64.3 Å². The van der Waals surface area contributed by atoms with Gasteiger partial charge in [-0.2, -0.15) is 0 Å². The Kier molecular flexibility index (Phi) is 5.32. The predicted molar refractivity (Wildman–Crippen MR) is 105 cm³/mol. The van der Waals surface area contributed by atoms with E-state index < -0.39 is 5.97 Å². The lowest BCUT2D eigenvalue weighted by Gasteiger charge is -2.25. The fourth-order valence-corrected chi connectivity index (χ4v) is 3.54. The Hall–Kier alpha value is -2.73. The highest BCUT2D eigenvalue weighted by Crippen LogP contribution is 2.34. The topological polar surface area (TPSA) is 70.8 Å². The third-order valence-electron chi connectivity index (χ3n) is 4.03. The number of carboxylic acid groups (broad SMARTS) is 1. The SMILES string of the molecule is CCSc1cc(=O)c2cccc(N(CC)c3ccccc3C(=O)O)c2o1. The zero-order valence-electron chi connectivity index (χ0n) is 14.6. The molecule has 3 aromatic rings. The Morgan fingerprint density at radius 1 is 1.12 bits per heavy atom. The summed E-state index contributed by atoms with van der Waals surface area (Å²) >= 11 is 1.46. The van der Waals surface area contributed by atoms with E-state index in [4.69, 9.17) is 4.42 Å². The van der Waals surface area contributed by atoms with Crippen LogP contribution in [0.5, 0.6) is 0 Å². The molecule has 0 bridgehead atoms. The lowest BCUT2D eigenvalue weighted by molar-refractivity contribution is 0.0697. The second-order valence-corrected chi connectivity index (χ2v) is 6.85. The molecule has 134 valence electrons. The molecule has 0 aliphatic carbocycles. The summed E-state index contributed by atoms with van der Waals surface area (Å²) in [5.74, 6) is -0.210. The first-order valence-corrected chi connectivity index (χ1v) is 9.34. The molecular formula is C20H19NO4S. The smallest absolute Gasteiger partial charge is 0.337 e. The van der Waals surface area contributed by atoms with Gasteiger partial charge in [-0.15, -0.1) is 0 Å². The second kappa shape index (κ2) is 7.66. The van der Waals surface area contributed by atoms with E-state index in [1.807, 2.05) is 24.8 Å². The summed E-state index contributed by atoms with van der Waals surface area (Å²) in [6, 6.07) is 13.7. The largest absolute Gasteiger partial charge is 0.478 e. The number of hydrogen-bond donors (Lipinski definition) is 1. The molecule has 2 aromatic carbocycles. The predicted octanol–water partition coefficient (Wildman–Crippen LogP) is 4.76. The molecule has 0 saturated heterocycles. The van der Waals surface area contributed by atoms with Crippen molar-refractivity contribution in [2.75, 3.05) is 17.2 Å². The van der Waals surface area contributed by atoms with E-state index in [0.717, 1.165) is 5.75 Å². The first-order chi connectivity index (χ1) is 12.6. The van der Waals surface area contributed by atoms with Crippen LogP contribution in [0.1, 0.15) is 24.2 Å². The number of nitrogens with zero attached hydrogens (tertiary/aromatic N) is 1. The summed E-state index contributed by atoms with van der Waals surface area (Å²) in [6.07, 6.45) is 0. The molecule has 0 aliphatic rings. The third kappa shape index (κ3) is 3.32. The molecule has 0 aliphatic heterocycles. The molecule has 0 fully saturated rings. The molecule has 0 saturated carbocycles. The molecule has 1 heterocycles. The van der Waals surface area contributed by atoms with E-state index >= 15 is 0 Å². The molecule has 0 atom stereocenters. The summed E-state index contributed by atoms with van der Waals surface area (Å²) < 4.78 is 5.99. The van der Waals surface area contributed by atoms with Crippen molar-refractivity contribution in [2.24, 2.45) is 0 Å². The van der Waals surface area contributed by atoms with Gasteiger partial charge in [0.15, 0.2) is 16.1 Å². The standard InChI is InChI=1S/C20H19NO4S/c1-3-21(15-10-6-5-8-13(15)20(23)24)16-11-7-9-14-17(22)12-18(26-4-2)25-19(14)16/h5-12H,3-4H2,1-2H3,(H,23,24). The van der Waals surface area contributed by atoms with Gasteiger partial charge >= 0.3 is 5.97 Å². The number of benzene rings is 2. The van der Waals surface area contributed by atoms with Crippen molar-refractivity contribution >= 4 is 40.1 Å². The molecule has 0 unspecified atom stereocenters. The number of hydrogen-bond acceptors (Lipinski definition) is 5. The molecule has 0 radical (unpaired) electrons. The Morgan fingerprint density at radius 2 is 1.85 bits per heavy atom. The number of carbonyl (C=O) groups is 1. The molecule has 1 aromatic heterocycles. The van der Waals surface area contributed by atoms with Gasteiger partial charge in [0.05, 0.1) is 22.3 Å². The minimum absolute atomic E-state index is 0.105. The van der Waals surface area contributed by atoms with Gasteiger partial charge in [0.2, 0.25) is 0 Å². The quantitative estimate of drug-likeness (QED) is 0.632. The van der Waals surface area contributed by atoms with Crippen molar-refractivity contribution in [3.63, 3.8) is 0 Å². The highest BCUT2D eigenvalue weighted by atomic mass is 32.2. The van der Waals surface area contributed by atoms with E-state index in [1.165, 1.54) is 17.8 Å². The van der Waals surface area contributed by atoms with Gasteiger partial charge in [0.1, 0.15) is 0 Å². The molecule has 0 amide bonds. The molecule has 1 N–H and O–H groups in total. The molecular weight excluding hydrogens is 350 g/mol. The van der Waals surface area contributed by atoms with Crippen molar-refractivity contribution in [2.45, 2.75) is 18.9 Å². The summed E-state index contributed by atoms with van der Waals surface area (Å²) in [7, 11) is 0. The lowest BCUT2D eigenvalue weighted by Crippen LogP contribution is -2.20. The minimum Gasteiger partial charge on any atom is -0.478 e. The average molecular weight is 369 g/mol. The van der Waals surface area contributed by atoms with Crippen LogP contribution < -0.4 is 10.3 Å². The maximum absolute atomic E-state index is 12.5. The van der Waals surface area contributed by atoms with Gasteiger partial charge in [-0.1, -0.05) is 36.9 Å². The van der Waals surface area contributed by atoms with Gasteiger partial charge in [-0.25, -0.2) is 4.79 Å². The highest BCUT2D eigenvalue weighted by molar-refractivity contribution is 7.99. The Morgan fingerprint density at radius 3 is 2.54 bits per heavy atom. The van der Waals surface area contributed by atoms with Gasteiger partial charge < -0.3 is 14.4 Å². The summed E-state index contributed by atoms with van der Waals surface area (Å²) in [4.78, 5) is 25.9. The van der Waals surface area contributed by atoms with Crippen LogP contribution in [0.4, 0.5) is 11.4 Å². The number of thioether (sulfide) groups is 1. The average Bonchev–Trinajstić information content (AvgIpc) is 2.63. The third-order valence-corrected chi connectivity index (χ3v) is 4.80. The molecule has 26 heavy (non-hydrogen) atoms. The summed E-state index contributed by atoms with van der Waals surface area (Å²) in [5, 5.41) is 10.6. The van der Waals surface area contributed by atoms with Crippen molar-refractivity contribution in [1.29, 1.82) is 0 Å². The maximum Gasteiger partial charge on any atom is 0.337 e. The summed E-state index contributed by atoms with van der Waals surface area (Å²) in [5.41, 5.74) is 1.80. The Balaban J connectivity index is 2.26. The van der Waals surface area contributed by atoms with Gasteiger partial charge in [0, 0.05) is 12.6 Å². The number of anilines is 2. The van der Waals surface area contributed by atoms with Crippen LogP contribution in [-0.4, -0.2) is 23.4 Å². The van der Waals surface area contributed by atoms with E-state index in [9.17, 15) is 14.7 Å². The van der Waals surface area contributed by atoms with Crippen LogP contribution in [0.3, 0.4) is 0 Å². The van der Waals surface area contributed by atoms with Gasteiger partial charge in [-0.3, -0.25) is 4.79 Å². The van der Waals surface area contributed by atoms with E-state index in [2.05, 4.69) is 0 Å². The molecule has 6 heteroatoms. The van der Waals surface area contributed by atoms with Gasteiger partial charge in [-0.05, 0) is 36.9 Å². The van der Waals surface area contributed by atoms with Crippen LogP contribution in [0.2, 0.25) is 0 Å². The number of aromatic carboxylic acids is 1. The minimum atomic E-state index is -0.997. The number of para-hydroxylation sites is 2. The zero-order chi connectivity index (χ0) is 18.7. The first kappa shape index (κ1) is 18.1. The first-order valence-electron chi connectivity index (χ1n) is 8.36. The van der Waals surface area contributed by atoms with Crippen molar-refractivity contribution < 1.29 is 14.3 Å². The van der Waals surface area contributed by atoms with Gasteiger partial charge in [0.25, 0.3) is 0 Å². The van der Waals surface area contributed by atoms with Crippen molar-refractivity contribution in [1.82, 2.24) is 0 Å². The second-order valence-electron chi connectivity index (χ2n) is 5.58. The van der Waals surface area contributed by atoms with Crippen LogP contribution in [0.15, 0.2) is 62.8 Å². The highest BCUT2D eigenvalue weighted by Gasteiger charge is 2.19. The molecule has 3 rings (SSSR count). The Labute approximate surface area is 155 Å². The van der Waals surface area contributed by atoms with E-state index in [0.29, 0.717) is 34.0 Å². The zero-order valence-corrected chi connectivity index (χ0v) is 15.4. The van der Waals surface area contributed by atoms with E-state index in [1.54, 1.807) is 36.4 Å². The maximum atomic E-state index is 12.5. The van der Waals surface area contributed by atoms with E-state index in [-0.39, 0.29) is 11.0 Å². The molecule has 0 spiro atoms. The monoisotopic (exact) mass is 369 g/mol. The normalized spacial score (nSPS) is 10.8. The molecule has 5 nitrogen and oxygen atoms in total.